The van der Waals surface area contributed by atoms with Gasteiger partial charge in [-0.05, 0) is 28.5 Å². The highest BCUT2D eigenvalue weighted by Gasteiger charge is 2.02. The van der Waals surface area contributed by atoms with Gasteiger partial charge in [0.2, 0.25) is 0 Å². The molecular weight excluding hydrogens is 226 g/mol. The minimum atomic E-state index is 0.586. The summed E-state index contributed by atoms with van der Waals surface area (Å²) in [5.74, 6) is 1.07. The lowest BCUT2D eigenvalue weighted by atomic mass is 9.99. The molecule has 0 atom stereocenters. The Morgan fingerprint density at radius 1 is 1.00 bits per heavy atom. The summed E-state index contributed by atoms with van der Waals surface area (Å²) >= 11 is 1.84. The van der Waals surface area contributed by atoms with Crippen LogP contribution in [0.3, 0.4) is 0 Å². The van der Waals surface area contributed by atoms with Crippen molar-refractivity contribution in [1.82, 2.24) is 0 Å². The molecule has 88 valence electrons. The molecule has 0 heterocycles. The van der Waals surface area contributed by atoms with Crippen molar-refractivity contribution in [3.63, 3.8) is 0 Å². The molecule has 0 saturated heterocycles. The van der Waals surface area contributed by atoms with Crippen LogP contribution in [0, 0.1) is 0 Å². The Balaban J connectivity index is 2.33. The summed E-state index contributed by atoms with van der Waals surface area (Å²) in [5, 5.41) is 0. The van der Waals surface area contributed by atoms with Crippen molar-refractivity contribution >= 4 is 11.8 Å². The van der Waals surface area contributed by atoms with Crippen molar-refractivity contribution in [1.29, 1.82) is 0 Å². The fraction of sp³-hybridized carbons (Fsp3) is 0.200. The van der Waals surface area contributed by atoms with E-state index in [9.17, 15) is 0 Å². The molecule has 0 fully saturated rings. The molecule has 2 rings (SSSR count). The van der Waals surface area contributed by atoms with Gasteiger partial charge < -0.3 is 5.73 Å². The third-order valence-corrected chi connectivity index (χ3v) is 3.44. The van der Waals surface area contributed by atoms with Crippen molar-refractivity contribution in [2.45, 2.75) is 12.3 Å². The van der Waals surface area contributed by atoms with Crippen LogP contribution in [-0.4, -0.2) is 6.26 Å². The van der Waals surface area contributed by atoms with Crippen LogP contribution in [0.4, 0.5) is 0 Å². The number of nitrogens with two attached hydrogens (primary N) is 1. The summed E-state index contributed by atoms with van der Waals surface area (Å²) in [4.78, 5) is 0. The second-order valence-corrected chi connectivity index (χ2v) is 4.86. The van der Waals surface area contributed by atoms with Crippen LogP contribution in [0.2, 0.25) is 0 Å². The van der Waals surface area contributed by atoms with Crippen LogP contribution in [-0.2, 0) is 12.3 Å². The standard InChI is InChI=1S/C15H17NS/c1-17-11-12-6-8-13(9-7-12)15-5-3-2-4-14(15)10-16/h2-9H,10-11,16H2,1H3. The van der Waals surface area contributed by atoms with Crippen molar-refractivity contribution in [3.8, 4) is 11.1 Å². The zero-order chi connectivity index (χ0) is 12.1. The van der Waals surface area contributed by atoms with Crippen LogP contribution >= 0.6 is 11.8 Å². The van der Waals surface area contributed by atoms with E-state index in [1.807, 2.05) is 17.8 Å². The average Bonchev–Trinajstić information content (AvgIpc) is 2.40. The van der Waals surface area contributed by atoms with Gasteiger partial charge in [-0.25, -0.2) is 0 Å². The molecule has 0 radical (unpaired) electrons. The van der Waals surface area contributed by atoms with E-state index in [0.717, 1.165) is 5.75 Å². The molecule has 2 aromatic rings. The summed E-state index contributed by atoms with van der Waals surface area (Å²) in [6.07, 6.45) is 2.12. The minimum absolute atomic E-state index is 0.586. The third-order valence-electron chi connectivity index (χ3n) is 2.81. The van der Waals surface area contributed by atoms with E-state index in [2.05, 4.69) is 48.7 Å². The Hall–Kier alpha value is -1.25. The molecule has 0 unspecified atom stereocenters. The molecule has 0 aliphatic carbocycles. The minimum Gasteiger partial charge on any atom is -0.326 e. The highest BCUT2D eigenvalue weighted by molar-refractivity contribution is 7.97. The topological polar surface area (TPSA) is 26.0 Å². The summed E-state index contributed by atoms with van der Waals surface area (Å²) in [7, 11) is 0. The number of thioether (sulfide) groups is 1. The number of rotatable bonds is 4. The quantitative estimate of drug-likeness (QED) is 0.886. The molecule has 0 aromatic heterocycles. The smallest absolute Gasteiger partial charge is 0.0184 e. The van der Waals surface area contributed by atoms with Crippen LogP contribution in [0.5, 0.6) is 0 Å². The highest BCUT2D eigenvalue weighted by Crippen LogP contribution is 2.24. The zero-order valence-corrected chi connectivity index (χ0v) is 10.8. The second kappa shape index (κ2) is 5.89. The molecule has 0 amide bonds. The maximum Gasteiger partial charge on any atom is 0.0184 e. The lowest BCUT2D eigenvalue weighted by molar-refractivity contribution is 1.07. The summed E-state index contributed by atoms with van der Waals surface area (Å²) in [6, 6.07) is 17.1. The first-order valence-corrected chi connectivity index (χ1v) is 7.10. The lowest BCUT2D eigenvalue weighted by Crippen LogP contribution is -1.98. The van der Waals surface area contributed by atoms with Crippen molar-refractivity contribution in [2.75, 3.05) is 6.26 Å². The van der Waals surface area contributed by atoms with Crippen molar-refractivity contribution < 1.29 is 0 Å². The van der Waals surface area contributed by atoms with Gasteiger partial charge >= 0.3 is 0 Å². The Morgan fingerprint density at radius 3 is 2.35 bits per heavy atom. The molecule has 1 nitrogen and oxygen atoms in total. The van der Waals surface area contributed by atoms with Gasteiger partial charge in [-0.15, -0.1) is 0 Å². The van der Waals surface area contributed by atoms with E-state index in [0.29, 0.717) is 6.54 Å². The van der Waals surface area contributed by atoms with E-state index in [-0.39, 0.29) is 0 Å². The van der Waals surface area contributed by atoms with E-state index in [1.54, 1.807) is 0 Å². The van der Waals surface area contributed by atoms with E-state index in [1.165, 1.54) is 22.3 Å². The lowest BCUT2D eigenvalue weighted by Gasteiger charge is -2.08. The molecule has 0 bridgehead atoms. The number of hydrogen-bond donors (Lipinski definition) is 1. The summed E-state index contributed by atoms with van der Waals surface area (Å²) in [6.45, 7) is 0.586. The maximum atomic E-state index is 5.76. The van der Waals surface area contributed by atoms with Gasteiger partial charge in [0.1, 0.15) is 0 Å². The van der Waals surface area contributed by atoms with Crippen molar-refractivity contribution in [3.05, 3.63) is 59.7 Å². The molecule has 2 N–H and O–H groups in total. The van der Waals surface area contributed by atoms with Gasteiger partial charge in [0.15, 0.2) is 0 Å². The molecule has 0 saturated carbocycles. The van der Waals surface area contributed by atoms with Gasteiger partial charge in [0, 0.05) is 12.3 Å². The fourth-order valence-corrected chi connectivity index (χ4v) is 2.45. The number of hydrogen-bond acceptors (Lipinski definition) is 2. The van der Waals surface area contributed by atoms with Crippen LogP contribution in [0.1, 0.15) is 11.1 Å². The maximum absolute atomic E-state index is 5.76. The van der Waals surface area contributed by atoms with Gasteiger partial charge in [-0.3, -0.25) is 0 Å². The SMILES string of the molecule is CSCc1ccc(-c2ccccc2CN)cc1. The van der Waals surface area contributed by atoms with Gasteiger partial charge in [-0.1, -0.05) is 48.5 Å². The Kier molecular flexibility index (Phi) is 4.24. The number of benzene rings is 2. The predicted octanol–water partition coefficient (Wildman–Crippen LogP) is 3.68. The zero-order valence-electron chi connectivity index (χ0n) is 10.0. The normalized spacial score (nSPS) is 10.5. The van der Waals surface area contributed by atoms with Gasteiger partial charge in [0.05, 0.1) is 0 Å². The molecule has 17 heavy (non-hydrogen) atoms. The fourth-order valence-electron chi connectivity index (χ4n) is 1.93. The molecule has 2 heteroatoms. The predicted molar refractivity (Wildman–Crippen MR) is 77.0 cm³/mol. The summed E-state index contributed by atoms with van der Waals surface area (Å²) in [5.41, 5.74) is 10.8. The third kappa shape index (κ3) is 2.90. The van der Waals surface area contributed by atoms with Gasteiger partial charge in [0.25, 0.3) is 0 Å². The molecule has 0 spiro atoms. The highest BCUT2D eigenvalue weighted by atomic mass is 32.2. The van der Waals surface area contributed by atoms with E-state index in [4.69, 9.17) is 5.73 Å². The Bertz CT molecular complexity index is 477. The first kappa shape index (κ1) is 12.2. The van der Waals surface area contributed by atoms with Crippen LogP contribution in [0.15, 0.2) is 48.5 Å². The first-order valence-electron chi connectivity index (χ1n) is 5.71. The molecule has 0 aliphatic rings. The summed E-state index contributed by atoms with van der Waals surface area (Å²) < 4.78 is 0. The largest absolute Gasteiger partial charge is 0.326 e. The molecule has 2 aromatic carbocycles. The van der Waals surface area contributed by atoms with Crippen LogP contribution < -0.4 is 5.73 Å². The molecular formula is C15H17NS. The monoisotopic (exact) mass is 243 g/mol. The van der Waals surface area contributed by atoms with Crippen LogP contribution in [0.25, 0.3) is 11.1 Å². The van der Waals surface area contributed by atoms with Crippen molar-refractivity contribution in [2.24, 2.45) is 5.73 Å². The van der Waals surface area contributed by atoms with E-state index >= 15 is 0 Å². The Labute approximate surface area is 107 Å². The molecule has 0 aliphatic heterocycles. The first-order chi connectivity index (χ1) is 8.35. The Morgan fingerprint density at radius 2 is 1.71 bits per heavy atom. The second-order valence-electron chi connectivity index (χ2n) is 3.99. The van der Waals surface area contributed by atoms with E-state index < -0.39 is 0 Å². The van der Waals surface area contributed by atoms with Gasteiger partial charge in [-0.2, -0.15) is 11.8 Å². The average molecular weight is 243 g/mol.